The van der Waals surface area contributed by atoms with Crippen LogP contribution >= 0.6 is 25.8 Å². The third-order valence-electron chi connectivity index (χ3n) is 0.922. The van der Waals surface area contributed by atoms with Crippen LogP contribution in [-0.2, 0) is 0 Å². The first-order chi connectivity index (χ1) is 5.60. The Morgan fingerprint density at radius 3 is 1.67 bits per heavy atom. The van der Waals surface area contributed by atoms with Gasteiger partial charge in [-0.1, -0.05) is 0 Å². The molecule has 0 saturated heterocycles. The predicted molar refractivity (Wildman–Crippen MR) is 54.4 cm³/mol. The number of rotatable bonds is 0. The second-order valence-corrected chi connectivity index (χ2v) is 9.96. The zero-order chi connectivity index (χ0) is 9.56. The second kappa shape index (κ2) is 7.23. The van der Waals surface area contributed by atoms with Crippen LogP contribution in [0, 0.1) is 18.6 Å². The van der Waals surface area contributed by atoms with Gasteiger partial charge >= 0.3 is 16.0 Å². The average Bonchev–Trinajstić information content (AvgIpc) is 1.84. The Morgan fingerprint density at radius 2 is 1.42 bits per heavy atom. The average molecular weight is 311 g/mol. The molecular formula is C7H5Br2F2Mg. The summed E-state index contributed by atoms with van der Waals surface area (Å²) in [6.07, 6.45) is 0. The summed E-state index contributed by atoms with van der Waals surface area (Å²) in [4.78, 5) is 0. The summed E-state index contributed by atoms with van der Waals surface area (Å²) in [5.41, 5.74) is 0.354. The minimum Gasteiger partial charge on any atom is -0.280 e. The molecule has 0 fully saturated rings. The molecule has 0 atom stereocenters. The summed E-state index contributed by atoms with van der Waals surface area (Å²) in [5, 5.41) is 0. The van der Waals surface area contributed by atoms with Crippen LogP contribution in [0.2, 0.25) is 0 Å². The number of hydrogen-bond acceptors (Lipinski definition) is 0. The predicted octanol–water partition coefficient (Wildman–Crippen LogP) is 3.46. The van der Waals surface area contributed by atoms with Crippen LogP contribution in [0.5, 0.6) is 0 Å². The Bertz CT molecular complexity index is 192. The highest BCUT2D eigenvalue weighted by Gasteiger charge is 1.93. The van der Waals surface area contributed by atoms with Gasteiger partial charge in [-0.3, -0.25) is 25.8 Å². The van der Waals surface area contributed by atoms with Gasteiger partial charge in [-0.2, -0.15) is 0 Å². The highest BCUT2D eigenvalue weighted by molar-refractivity contribution is 9.47. The number of hydrogen-bond donors (Lipinski definition) is 0. The lowest BCUT2D eigenvalue weighted by molar-refractivity contribution is 0.582. The highest BCUT2D eigenvalue weighted by atomic mass is 79.9. The van der Waals surface area contributed by atoms with E-state index in [4.69, 9.17) is 0 Å². The monoisotopic (exact) mass is 309 g/mol. The van der Waals surface area contributed by atoms with Crippen molar-refractivity contribution >= 4 is 41.8 Å². The fourth-order valence-electron chi connectivity index (χ4n) is 0.611. The van der Waals surface area contributed by atoms with E-state index in [2.05, 4.69) is 32.7 Å². The van der Waals surface area contributed by atoms with Crippen LogP contribution in [0.1, 0.15) is 5.56 Å². The smallest absolute Gasteiger partial charge is 0.280 e. The maximum Gasteiger partial charge on any atom is 0.560 e. The summed E-state index contributed by atoms with van der Waals surface area (Å²) < 4.78 is 24.3. The quantitative estimate of drug-likeness (QED) is 0.644. The Morgan fingerprint density at radius 1 is 1.08 bits per heavy atom. The lowest BCUT2D eigenvalue weighted by Gasteiger charge is -1.91. The third-order valence-corrected chi connectivity index (χ3v) is 0.922. The molecule has 0 aliphatic carbocycles. The SMILES string of the molecule is [Br][Mg][Br].[CH2]c1cc(F)cc(F)c1. The lowest BCUT2D eigenvalue weighted by atomic mass is 10.2. The standard InChI is InChI=1S/C7H5F2.2BrH.Mg/c1-5-2-6(8)4-7(9)3-5;;;/h2-4H,1H2;2*1H;/q;;;+2/p-2. The van der Waals surface area contributed by atoms with E-state index in [1.165, 1.54) is 12.1 Å². The van der Waals surface area contributed by atoms with E-state index in [1.807, 2.05) is 0 Å². The van der Waals surface area contributed by atoms with Gasteiger partial charge in [0.05, 0.1) is 0 Å². The number of halogens is 4. The van der Waals surface area contributed by atoms with Gasteiger partial charge in [-0.05, 0) is 24.6 Å². The Kier molecular flexibility index (Phi) is 7.72. The minimum atomic E-state index is -0.583. The maximum absolute atomic E-state index is 12.1. The van der Waals surface area contributed by atoms with E-state index in [9.17, 15) is 8.78 Å². The summed E-state index contributed by atoms with van der Waals surface area (Å²) in [7, 11) is 0. The highest BCUT2D eigenvalue weighted by Crippen LogP contribution is 2.05. The Balaban J connectivity index is 0.000000354. The van der Waals surface area contributed by atoms with E-state index in [0.717, 1.165) is 6.07 Å². The number of benzene rings is 1. The van der Waals surface area contributed by atoms with Crippen molar-refractivity contribution in [3.8, 4) is 0 Å². The van der Waals surface area contributed by atoms with E-state index in [-0.39, 0.29) is 16.0 Å². The van der Waals surface area contributed by atoms with Crippen molar-refractivity contribution in [2.24, 2.45) is 0 Å². The van der Waals surface area contributed by atoms with Gasteiger partial charge < -0.3 is 0 Å². The van der Waals surface area contributed by atoms with Crippen molar-refractivity contribution in [1.29, 1.82) is 0 Å². The van der Waals surface area contributed by atoms with Crippen molar-refractivity contribution in [3.63, 3.8) is 0 Å². The van der Waals surface area contributed by atoms with Gasteiger partial charge in [0.1, 0.15) is 11.6 Å². The van der Waals surface area contributed by atoms with Gasteiger partial charge in [0, 0.05) is 6.07 Å². The van der Waals surface area contributed by atoms with E-state index >= 15 is 0 Å². The first-order valence-corrected chi connectivity index (χ1v) is 10.8. The molecule has 5 heteroatoms. The molecule has 1 radical (unpaired) electrons. The molecular weight excluding hydrogens is 306 g/mol. The Labute approximate surface area is 92.2 Å². The van der Waals surface area contributed by atoms with Crippen molar-refractivity contribution in [1.82, 2.24) is 0 Å². The largest absolute Gasteiger partial charge is 0.560 e. The topological polar surface area (TPSA) is 0 Å². The first-order valence-electron chi connectivity index (χ1n) is 3.00. The van der Waals surface area contributed by atoms with E-state index in [1.54, 1.807) is 0 Å². The molecule has 0 heterocycles. The maximum atomic E-state index is 12.1. The first kappa shape index (κ1) is 12.8. The van der Waals surface area contributed by atoms with Gasteiger partial charge in [-0.15, -0.1) is 0 Å². The molecule has 0 unspecified atom stereocenters. The van der Waals surface area contributed by atoms with Crippen LogP contribution in [0.15, 0.2) is 18.2 Å². The molecule has 12 heavy (non-hydrogen) atoms. The molecule has 1 rings (SSSR count). The molecule has 0 bridgehead atoms. The van der Waals surface area contributed by atoms with E-state index < -0.39 is 11.6 Å². The van der Waals surface area contributed by atoms with Crippen molar-refractivity contribution in [2.45, 2.75) is 0 Å². The summed E-state index contributed by atoms with van der Waals surface area (Å²) in [5.74, 6) is -1.17. The minimum absolute atomic E-state index is 0.0417. The fraction of sp³-hybridized carbons (Fsp3) is 0. The molecule has 0 N–H and O–H groups in total. The molecule has 1 aromatic rings. The molecule has 1 aromatic carbocycles. The van der Waals surface area contributed by atoms with Crippen LogP contribution in [-0.4, -0.2) is 16.0 Å². The zero-order valence-electron chi connectivity index (χ0n) is 6.16. The Hall–Kier alpha value is 0.806. The fourth-order valence-corrected chi connectivity index (χ4v) is 0.611. The van der Waals surface area contributed by atoms with Gasteiger partial charge in [-0.25, -0.2) is 8.78 Å². The summed E-state index contributed by atoms with van der Waals surface area (Å²) in [6.45, 7) is 3.36. The van der Waals surface area contributed by atoms with Crippen LogP contribution in [0.4, 0.5) is 8.78 Å². The normalized spacial score (nSPS) is 8.08. The molecule has 0 nitrogen and oxygen atoms in total. The van der Waals surface area contributed by atoms with E-state index in [0.29, 0.717) is 5.56 Å². The molecule has 0 amide bonds. The third kappa shape index (κ3) is 6.34. The summed E-state index contributed by atoms with van der Waals surface area (Å²) in [6, 6.07) is 3.15. The van der Waals surface area contributed by atoms with Gasteiger partial charge in [0.15, 0.2) is 0 Å². The van der Waals surface area contributed by atoms with Crippen LogP contribution in [0.3, 0.4) is 0 Å². The van der Waals surface area contributed by atoms with Crippen molar-refractivity contribution in [3.05, 3.63) is 42.3 Å². The molecule has 0 spiro atoms. The van der Waals surface area contributed by atoms with Crippen LogP contribution in [0.25, 0.3) is 0 Å². The zero-order valence-corrected chi connectivity index (χ0v) is 10.7. The summed E-state index contributed by atoms with van der Waals surface area (Å²) >= 11 is 6.44. The lowest BCUT2D eigenvalue weighted by Crippen LogP contribution is -1.80. The molecule has 0 aromatic heterocycles. The van der Waals surface area contributed by atoms with Crippen LogP contribution < -0.4 is 0 Å². The van der Waals surface area contributed by atoms with Crippen molar-refractivity contribution < 1.29 is 8.78 Å². The molecule has 63 valence electrons. The molecule has 0 aliphatic heterocycles. The van der Waals surface area contributed by atoms with Crippen molar-refractivity contribution in [2.75, 3.05) is 0 Å². The van der Waals surface area contributed by atoms with Gasteiger partial charge in [0.2, 0.25) is 0 Å². The molecule has 0 saturated carbocycles. The second-order valence-electron chi connectivity index (χ2n) is 1.88. The molecule has 0 aliphatic rings. The van der Waals surface area contributed by atoms with Gasteiger partial charge in [0.25, 0.3) is 0 Å².